The number of hydrogen-bond donors (Lipinski definition) is 1. The molecule has 1 aromatic rings. The van der Waals surface area contributed by atoms with Crippen LogP contribution in [0.2, 0.25) is 0 Å². The van der Waals surface area contributed by atoms with E-state index in [0.717, 1.165) is 4.57 Å². The number of aromatic nitrogens is 2. The average Bonchev–Trinajstić information content (AvgIpc) is 2.97. The van der Waals surface area contributed by atoms with Crippen LogP contribution in [0.25, 0.3) is 0 Å². The summed E-state index contributed by atoms with van der Waals surface area (Å²) in [6, 6.07) is 1.17. The monoisotopic (exact) mass is 456 g/mol. The lowest BCUT2D eigenvalue weighted by Gasteiger charge is -2.35. The Hall–Kier alpha value is -2.22. The van der Waals surface area contributed by atoms with Crippen molar-refractivity contribution in [2.24, 2.45) is 5.41 Å². The molecule has 2 aliphatic rings. The number of fused-ring (bicyclic) bond motifs is 1. The number of nitrogens with zero attached hydrogens (tertiary/aromatic N) is 1. The number of H-pyrrole nitrogens is 1. The lowest BCUT2D eigenvalue weighted by atomic mass is 9.83. The van der Waals surface area contributed by atoms with Crippen LogP contribution < -0.4 is 11.2 Å². The standard InChI is InChI=1S/C19H25N2O9P/c1-5-19(4)16-13(29-17(19)21-9-8-14(22)20-18(21)24)11-27-31(25,30-16)26-10-6-7-15(23)28-12(2)3/h1,8-9,12-13,16-17H,6-7,10-11H2,2-4H3,(H,20,22,24)/t13-,16-,17-,19-,31-/m1/s1. The number of nitrogens with one attached hydrogen (secondary N) is 1. The van der Waals surface area contributed by atoms with Crippen molar-refractivity contribution in [2.75, 3.05) is 13.2 Å². The van der Waals surface area contributed by atoms with E-state index in [0.29, 0.717) is 0 Å². The van der Waals surface area contributed by atoms with Crippen LogP contribution in [0.1, 0.15) is 39.8 Å². The second kappa shape index (κ2) is 9.10. The van der Waals surface area contributed by atoms with Crippen molar-refractivity contribution in [3.05, 3.63) is 33.1 Å². The summed E-state index contributed by atoms with van der Waals surface area (Å²) in [5, 5.41) is 0. The van der Waals surface area contributed by atoms with E-state index in [1.54, 1.807) is 20.8 Å². The highest BCUT2D eigenvalue weighted by atomic mass is 31.2. The zero-order valence-electron chi connectivity index (χ0n) is 17.4. The smallest absolute Gasteiger partial charge is 0.463 e. The number of ether oxygens (including phenoxy) is 2. The Morgan fingerprint density at radius 1 is 1.48 bits per heavy atom. The van der Waals surface area contributed by atoms with E-state index >= 15 is 0 Å². The Labute approximate surface area is 178 Å². The van der Waals surface area contributed by atoms with Crippen LogP contribution >= 0.6 is 7.82 Å². The van der Waals surface area contributed by atoms with Crippen molar-refractivity contribution >= 4 is 13.8 Å². The van der Waals surface area contributed by atoms with Gasteiger partial charge in [-0.15, -0.1) is 6.42 Å². The van der Waals surface area contributed by atoms with Gasteiger partial charge in [0.2, 0.25) is 0 Å². The fourth-order valence-electron chi connectivity index (χ4n) is 3.45. The first kappa shape index (κ1) is 23.4. The predicted molar refractivity (Wildman–Crippen MR) is 107 cm³/mol. The van der Waals surface area contributed by atoms with E-state index in [2.05, 4.69) is 10.9 Å². The fourth-order valence-corrected chi connectivity index (χ4v) is 4.96. The molecule has 0 saturated carbocycles. The number of phosphoric acid groups is 1. The van der Waals surface area contributed by atoms with Crippen molar-refractivity contribution < 1.29 is 32.4 Å². The van der Waals surface area contributed by atoms with E-state index < -0.39 is 42.9 Å². The number of rotatable bonds is 7. The summed E-state index contributed by atoms with van der Waals surface area (Å²) in [6.07, 6.45) is 4.55. The molecule has 0 aliphatic carbocycles. The summed E-state index contributed by atoms with van der Waals surface area (Å²) in [5.41, 5.74) is -2.48. The number of terminal acetylenes is 1. The minimum atomic E-state index is -3.97. The highest BCUT2D eigenvalue weighted by molar-refractivity contribution is 7.48. The van der Waals surface area contributed by atoms with Gasteiger partial charge in [0.25, 0.3) is 5.56 Å². The highest BCUT2D eigenvalue weighted by Gasteiger charge is 2.60. The Morgan fingerprint density at radius 3 is 2.87 bits per heavy atom. The van der Waals surface area contributed by atoms with E-state index in [-0.39, 0.29) is 38.1 Å². The zero-order valence-corrected chi connectivity index (χ0v) is 18.3. The molecule has 0 radical (unpaired) electrons. The van der Waals surface area contributed by atoms with Gasteiger partial charge < -0.3 is 9.47 Å². The van der Waals surface area contributed by atoms with Gasteiger partial charge in [0.05, 0.1) is 19.3 Å². The SMILES string of the molecule is C#C[C@]1(C)[C@@H]2O[P@](=O)(OCCCC(=O)OC(C)C)OC[C@H]2O[C@H]1n1ccc(=O)[nH]c1=O. The molecule has 2 aliphatic heterocycles. The zero-order chi connectivity index (χ0) is 22.8. The van der Waals surface area contributed by atoms with Crippen LogP contribution in [0.4, 0.5) is 0 Å². The third-order valence-electron chi connectivity index (χ3n) is 4.94. The number of hydrogen-bond acceptors (Lipinski definition) is 9. The van der Waals surface area contributed by atoms with Gasteiger partial charge in [0, 0.05) is 18.7 Å². The molecular formula is C19H25N2O9P. The third kappa shape index (κ3) is 5.00. The normalized spacial score (nSPS) is 32.4. The molecular weight excluding hydrogens is 431 g/mol. The molecule has 12 heteroatoms. The number of carbonyl (C=O) groups excluding carboxylic acids is 1. The maximum atomic E-state index is 12.9. The van der Waals surface area contributed by atoms with Crippen molar-refractivity contribution in [2.45, 2.75) is 58.2 Å². The van der Waals surface area contributed by atoms with Gasteiger partial charge >= 0.3 is 19.5 Å². The summed E-state index contributed by atoms with van der Waals surface area (Å²) in [7, 11) is -3.97. The largest absolute Gasteiger partial charge is 0.475 e. The Kier molecular flexibility index (Phi) is 6.88. The molecule has 3 rings (SSSR count). The molecule has 0 bridgehead atoms. The summed E-state index contributed by atoms with van der Waals surface area (Å²) in [4.78, 5) is 37.3. The first-order valence-corrected chi connectivity index (χ1v) is 11.3. The van der Waals surface area contributed by atoms with Crippen LogP contribution in [-0.2, 0) is 32.4 Å². The van der Waals surface area contributed by atoms with Gasteiger partial charge in [-0.3, -0.25) is 32.7 Å². The van der Waals surface area contributed by atoms with Crippen molar-refractivity contribution in [1.82, 2.24) is 9.55 Å². The molecule has 1 N–H and O–H groups in total. The second-order valence-corrected chi connectivity index (χ2v) is 9.34. The topological polar surface area (TPSA) is 135 Å². The van der Waals surface area contributed by atoms with Gasteiger partial charge in [-0.05, 0) is 27.2 Å². The molecule has 1 aromatic heterocycles. The molecule has 3 heterocycles. The minimum absolute atomic E-state index is 0.0572. The molecule has 2 saturated heterocycles. The minimum Gasteiger partial charge on any atom is -0.463 e. The van der Waals surface area contributed by atoms with Crippen LogP contribution in [0.15, 0.2) is 21.9 Å². The number of esters is 1. The molecule has 0 spiro atoms. The van der Waals surface area contributed by atoms with Crippen molar-refractivity contribution in [1.29, 1.82) is 0 Å². The average molecular weight is 456 g/mol. The molecule has 31 heavy (non-hydrogen) atoms. The van der Waals surface area contributed by atoms with Crippen LogP contribution in [0.5, 0.6) is 0 Å². The van der Waals surface area contributed by atoms with Crippen molar-refractivity contribution in [3.63, 3.8) is 0 Å². The molecule has 0 unspecified atom stereocenters. The molecule has 0 amide bonds. The lowest BCUT2D eigenvalue weighted by molar-refractivity contribution is -0.147. The summed E-state index contributed by atoms with van der Waals surface area (Å²) >= 11 is 0. The first-order chi connectivity index (χ1) is 14.6. The maximum Gasteiger partial charge on any atom is 0.475 e. The van der Waals surface area contributed by atoms with Gasteiger partial charge in [-0.2, -0.15) is 0 Å². The van der Waals surface area contributed by atoms with E-state index in [1.807, 2.05) is 0 Å². The Bertz CT molecular complexity index is 1030. The molecule has 170 valence electrons. The fraction of sp³-hybridized carbons (Fsp3) is 0.632. The van der Waals surface area contributed by atoms with Crippen molar-refractivity contribution in [3.8, 4) is 12.3 Å². The van der Waals surface area contributed by atoms with Gasteiger partial charge in [0.1, 0.15) is 17.6 Å². The van der Waals surface area contributed by atoms with E-state index in [1.165, 1.54) is 12.3 Å². The van der Waals surface area contributed by atoms with Gasteiger partial charge in [-0.25, -0.2) is 9.36 Å². The first-order valence-electron chi connectivity index (χ1n) is 9.79. The van der Waals surface area contributed by atoms with Gasteiger partial charge in [-0.1, -0.05) is 5.92 Å². The number of phosphoric ester groups is 1. The summed E-state index contributed by atoms with van der Waals surface area (Å²) < 4.78 is 41.2. The lowest BCUT2D eigenvalue weighted by Crippen LogP contribution is -2.43. The molecule has 0 aromatic carbocycles. The number of aromatic amines is 1. The maximum absolute atomic E-state index is 12.9. The second-order valence-electron chi connectivity index (χ2n) is 7.72. The van der Waals surface area contributed by atoms with Gasteiger partial charge in [0.15, 0.2) is 6.23 Å². The predicted octanol–water partition coefficient (Wildman–Crippen LogP) is 1.35. The van der Waals surface area contributed by atoms with Crippen LogP contribution in [0.3, 0.4) is 0 Å². The third-order valence-corrected chi connectivity index (χ3v) is 6.39. The number of carbonyl (C=O) groups is 1. The molecule has 5 atom stereocenters. The summed E-state index contributed by atoms with van der Waals surface area (Å²) in [5.74, 6) is 2.18. The molecule has 2 fully saturated rings. The highest BCUT2D eigenvalue weighted by Crippen LogP contribution is 2.60. The quantitative estimate of drug-likeness (QED) is 0.279. The Morgan fingerprint density at radius 2 is 2.23 bits per heavy atom. The summed E-state index contributed by atoms with van der Waals surface area (Å²) in [6.45, 7) is 4.92. The molecule has 11 nitrogen and oxygen atoms in total. The van der Waals surface area contributed by atoms with E-state index in [9.17, 15) is 18.9 Å². The van der Waals surface area contributed by atoms with Crippen LogP contribution in [0, 0.1) is 17.8 Å². The van der Waals surface area contributed by atoms with Crippen LogP contribution in [-0.4, -0.2) is 47.0 Å². The van der Waals surface area contributed by atoms with E-state index in [4.69, 9.17) is 29.5 Å². The Balaban J connectivity index is 1.69.